The van der Waals surface area contributed by atoms with Crippen molar-refractivity contribution in [1.82, 2.24) is 0 Å². The largest absolute Gasteiger partial charge is 0.326 e. The van der Waals surface area contributed by atoms with E-state index in [4.69, 9.17) is 18.0 Å². The van der Waals surface area contributed by atoms with E-state index in [1.807, 2.05) is 39.8 Å². The highest BCUT2D eigenvalue weighted by Gasteiger charge is 2.58. The Morgan fingerprint density at radius 1 is 0.957 bits per heavy atom. The minimum Gasteiger partial charge on any atom is -0.326 e. The summed E-state index contributed by atoms with van der Waals surface area (Å²) >= 11 is 5.17. The Balaban J connectivity index is -0.000000518. The summed E-state index contributed by atoms with van der Waals surface area (Å²) in [5.74, 6) is 3.76. The van der Waals surface area contributed by atoms with Gasteiger partial charge >= 0.3 is 0 Å². The molecule has 2 N–H and O–H groups in total. The SMILES string of the molecule is C=C(C)C(=S)C(C)CCC.C=C(C)C(CC)C1C(CC)C1(C)C.C=CC(C)C(C)(C)C.CC(C)(C)N.CC/C=C/c1ccccc1. The Labute approximate surface area is 295 Å². The molecule has 2 rings (SSSR count). The minimum absolute atomic E-state index is 0. The molecule has 5 unspecified atom stereocenters. The molecule has 0 aromatic heterocycles. The number of nitrogens with two attached hydrogens (primary N) is 1. The van der Waals surface area contributed by atoms with E-state index < -0.39 is 0 Å². The van der Waals surface area contributed by atoms with Gasteiger partial charge < -0.3 is 5.73 Å². The number of allylic oxidation sites excluding steroid dienone is 4. The van der Waals surface area contributed by atoms with Crippen LogP contribution in [0.25, 0.3) is 6.08 Å². The lowest BCUT2D eigenvalue weighted by atomic mass is 9.82. The zero-order valence-corrected chi connectivity index (χ0v) is 34.5. The average molecular weight is 654 g/mol. The molecule has 1 aliphatic carbocycles. The third-order valence-corrected chi connectivity index (χ3v) is 9.49. The van der Waals surface area contributed by atoms with Gasteiger partial charge in [0.25, 0.3) is 0 Å². The number of hydrogen-bond acceptors (Lipinski definition) is 2. The topological polar surface area (TPSA) is 26.0 Å². The van der Waals surface area contributed by atoms with Crippen molar-refractivity contribution < 1.29 is 0 Å². The lowest BCUT2D eigenvalue weighted by Crippen LogP contribution is -2.26. The van der Waals surface area contributed by atoms with Gasteiger partial charge in [0.15, 0.2) is 0 Å². The van der Waals surface area contributed by atoms with Crippen LogP contribution < -0.4 is 5.73 Å². The molecule has 0 saturated heterocycles. The predicted molar refractivity (Wildman–Crippen MR) is 220 cm³/mol. The molecule has 0 amide bonds. The second-order valence-electron chi connectivity index (χ2n) is 16.0. The van der Waals surface area contributed by atoms with Crippen LogP contribution in [-0.2, 0) is 0 Å². The molecule has 0 radical (unpaired) electrons. The zero-order chi connectivity index (χ0) is 36.9. The van der Waals surface area contributed by atoms with E-state index in [0.29, 0.717) is 22.7 Å². The number of rotatable bonds is 11. The molecule has 1 aromatic carbocycles. The van der Waals surface area contributed by atoms with Crippen LogP contribution in [0.2, 0.25) is 0 Å². The predicted octanol–water partition coefficient (Wildman–Crippen LogP) is 14.3. The zero-order valence-electron chi connectivity index (χ0n) is 33.6. The van der Waals surface area contributed by atoms with Crippen molar-refractivity contribution in [3.63, 3.8) is 0 Å². The third kappa shape index (κ3) is 23.5. The Kier molecular flexibility index (Phi) is 25.8. The molecular weight excluding hydrogens is 575 g/mol. The van der Waals surface area contributed by atoms with Crippen LogP contribution in [0.4, 0.5) is 0 Å². The molecule has 1 fully saturated rings. The molecule has 2 heteroatoms. The summed E-state index contributed by atoms with van der Waals surface area (Å²) < 4.78 is 0. The van der Waals surface area contributed by atoms with E-state index in [9.17, 15) is 0 Å². The van der Waals surface area contributed by atoms with Crippen molar-refractivity contribution in [2.45, 2.75) is 148 Å². The normalized spacial score (nSPS) is 18.3. The first-order valence-corrected chi connectivity index (χ1v) is 18.4. The first-order chi connectivity index (χ1) is 21.0. The Bertz CT molecular complexity index is 993. The second-order valence-corrected chi connectivity index (χ2v) is 16.5. The summed E-state index contributed by atoms with van der Waals surface area (Å²) in [7, 11) is 0. The van der Waals surface area contributed by atoms with Gasteiger partial charge in [-0.25, -0.2) is 0 Å². The number of thiocarbonyl (C=S) groups is 1. The third-order valence-electron chi connectivity index (χ3n) is 8.74. The number of hydrogen-bond donors (Lipinski definition) is 1. The van der Waals surface area contributed by atoms with Gasteiger partial charge in [-0.3, -0.25) is 0 Å². The smallest absolute Gasteiger partial charge is 0.0203 e. The molecule has 0 heterocycles. The summed E-state index contributed by atoms with van der Waals surface area (Å²) in [4.78, 5) is 1.04. The maximum absolute atomic E-state index is 5.35. The molecule has 5 atom stereocenters. The maximum atomic E-state index is 5.35. The van der Waals surface area contributed by atoms with Crippen LogP contribution in [0.1, 0.15) is 148 Å². The standard InChI is InChI=1S/C13H24.C10H12.C9H16S.C8H16.C4H11N/c1-7-10(9(3)4)12-11(8-2)13(12,5)6;1-2-3-7-10-8-5-4-6-9-10;1-5-6-8(4)9(10)7(2)3;1-6-7(2)8(3,4)5;1-4(2,3)5/h10-12H,3,7-8H2,1-2,4-6H3;3-9H,2H2,1H3;8H,2,5-6H2,1,3-4H3;6-7H,1H2,2-5H3;5H2,1-3H3/b;7-3+;;;. The summed E-state index contributed by atoms with van der Waals surface area (Å²) in [5.41, 5.74) is 10.0. The molecule has 0 bridgehead atoms. The molecule has 1 saturated carbocycles. The Morgan fingerprint density at radius 3 is 1.70 bits per heavy atom. The van der Waals surface area contributed by atoms with E-state index in [1.54, 1.807) is 0 Å². The molecule has 0 spiro atoms. The Morgan fingerprint density at radius 2 is 1.43 bits per heavy atom. The van der Waals surface area contributed by atoms with Crippen LogP contribution in [0.3, 0.4) is 0 Å². The van der Waals surface area contributed by atoms with Crippen molar-refractivity contribution in [2.24, 2.45) is 46.2 Å². The van der Waals surface area contributed by atoms with Crippen molar-refractivity contribution in [1.29, 1.82) is 0 Å². The van der Waals surface area contributed by atoms with Gasteiger partial charge in [0, 0.05) is 10.4 Å². The molecule has 1 aliphatic rings. The van der Waals surface area contributed by atoms with Gasteiger partial charge in [0.2, 0.25) is 0 Å². The van der Waals surface area contributed by atoms with Crippen LogP contribution >= 0.6 is 12.2 Å². The molecule has 46 heavy (non-hydrogen) atoms. The van der Waals surface area contributed by atoms with E-state index in [0.717, 1.165) is 34.6 Å². The first kappa shape index (κ1) is 48.6. The van der Waals surface area contributed by atoms with Crippen LogP contribution in [0.15, 0.2) is 73.4 Å². The van der Waals surface area contributed by atoms with Gasteiger partial charge in [-0.1, -0.05) is 169 Å². The number of benzene rings is 1. The Hall–Kier alpha value is -1.77. The lowest BCUT2D eigenvalue weighted by Gasteiger charge is -2.23. The van der Waals surface area contributed by atoms with Crippen molar-refractivity contribution in [3.8, 4) is 0 Å². The molecule has 1 nitrogen and oxygen atoms in total. The lowest BCUT2D eigenvalue weighted by molar-refractivity contribution is 0.315. The first-order valence-electron chi connectivity index (χ1n) is 18.0. The van der Waals surface area contributed by atoms with Crippen molar-refractivity contribution in [2.75, 3.05) is 0 Å². The van der Waals surface area contributed by atoms with E-state index in [2.05, 4.69) is 139 Å². The van der Waals surface area contributed by atoms with Crippen molar-refractivity contribution >= 4 is 23.2 Å². The van der Waals surface area contributed by atoms with E-state index >= 15 is 0 Å². The van der Waals surface area contributed by atoms with Crippen molar-refractivity contribution in [3.05, 3.63) is 78.9 Å². The average Bonchev–Trinajstić information content (AvgIpc) is 3.50. The highest BCUT2D eigenvalue weighted by atomic mass is 32.1. The summed E-state index contributed by atoms with van der Waals surface area (Å²) in [6.45, 7) is 46.5. The monoisotopic (exact) mass is 654 g/mol. The highest BCUT2D eigenvalue weighted by Crippen LogP contribution is 2.64. The van der Waals surface area contributed by atoms with Gasteiger partial charge in [-0.2, -0.15) is 0 Å². The molecular formula is C44H79NS. The summed E-state index contributed by atoms with van der Waals surface area (Å²) in [6.07, 6.45) is 12.4. The van der Waals surface area contributed by atoms with E-state index in [-0.39, 0.29) is 5.54 Å². The summed E-state index contributed by atoms with van der Waals surface area (Å²) in [6, 6.07) is 10.3. The second kappa shape index (κ2) is 24.4. The highest BCUT2D eigenvalue weighted by molar-refractivity contribution is 7.80. The minimum atomic E-state index is 0. The molecule has 266 valence electrons. The fourth-order valence-electron chi connectivity index (χ4n) is 5.43. The fraction of sp³-hybridized carbons (Fsp3) is 0.659. The van der Waals surface area contributed by atoms with Gasteiger partial charge in [0.05, 0.1) is 0 Å². The molecule has 1 aromatic rings. The fourth-order valence-corrected chi connectivity index (χ4v) is 5.55. The van der Waals surface area contributed by atoms with Crippen LogP contribution in [-0.4, -0.2) is 10.4 Å². The summed E-state index contributed by atoms with van der Waals surface area (Å²) in [5, 5.41) is 0. The van der Waals surface area contributed by atoms with Crippen LogP contribution in [0.5, 0.6) is 0 Å². The van der Waals surface area contributed by atoms with E-state index in [1.165, 1.54) is 36.8 Å². The maximum Gasteiger partial charge on any atom is 0.0203 e. The molecule has 0 aliphatic heterocycles. The van der Waals surface area contributed by atoms with Gasteiger partial charge in [-0.15, -0.1) is 6.58 Å². The quantitative estimate of drug-likeness (QED) is 0.146. The van der Waals surface area contributed by atoms with Gasteiger partial charge in [0.1, 0.15) is 0 Å². The van der Waals surface area contributed by atoms with Gasteiger partial charge in [-0.05, 0) is 105 Å². The van der Waals surface area contributed by atoms with Crippen LogP contribution in [0, 0.1) is 40.4 Å².